The predicted molar refractivity (Wildman–Crippen MR) is 136 cm³/mol. The highest BCUT2D eigenvalue weighted by molar-refractivity contribution is 7.99. The summed E-state index contributed by atoms with van der Waals surface area (Å²) in [6.45, 7) is 14.0. The largest absolute Gasteiger partial charge is 0.467 e. The van der Waals surface area contributed by atoms with Crippen molar-refractivity contribution in [2.45, 2.75) is 103 Å². The van der Waals surface area contributed by atoms with Gasteiger partial charge in [0.2, 0.25) is 5.79 Å². The van der Waals surface area contributed by atoms with Crippen LogP contribution in [0, 0.1) is 11.3 Å². The van der Waals surface area contributed by atoms with Crippen LogP contribution in [0.5, 0.6) is 0 Å². The van der Waals surface area contributed by atoms with E-state index >= 15 is 0 Å². The Balaban J connectivity index is 2.14. The van der Waals surface area contributed by atoms with Crippen molar-refractivity contribution in [2.24, 2.45) is 0 Å². The van der Waals surface area contributed by atoms with Crippen LogP contribution >= 0.6 is 11.8 Å². The van der Waals surface area contributed by atoms with Crippen molar-refractivity contribution >= 4 is 29.9 Å². The fourth-order valence-corrected chi connectivity index (χ4v) is 4.98. The highest BCUT2D eigenvalue weighted by Gasteiger charge is 2.54. The van der Waals surface area contributed by atoms with Crippen LogP contribution in [0.15, 0.2) is 11.5 Å². The summed E-state index contributed by atoms with van der Waals surface area (Å²) >= 11 is 1.46. The van der Waals surface area contributed by atoms with Crippen LogP contribution < -0.4 is 5.32 Å². The van der Waals surface area contributed by atoms with Crippen LogP contribution in [0.1, 0.15) is 68.2 Å². The first-order valence-corrected chi connectivity index (χ1v) is 13.3. The molecule has 2 aliphatic heterocycles. The van der Waals surface area contributed by atoms with Gasteiger partial charge in [0.25, 0.3) is 0 Å². The molecule has 2 aliphatic rings. The molecule has 1 fully saturated rings. The lowest BCUT2D eigenvalue weighted by Crippen LogP contribution is -2.46. The summed E-state index contributed by atoms with van der Waals surface area (Å²) in [5.41, 5.74) is -1.02. The molecule has 0 aromatic heterocycles. The van der Waals surface area contributed by atoms with Gasteiger partial charge >= 0.3 is 18.2 Å². The molecule has 0 radical (unpaired) electrons. The molecule has 2 rings (SSSR count). The van der Waals surface area contributed by atoms with E-state index in [0.29, 0.717) is 23.0 Å². The number of alkyl carbamates (subject to hydrolysis) is 1. The Morgan fingerprint density at radius 1 is 1.16 bits per heavy atom. The first-order chi connectivity index (χ1) is 17.0. The summed E-state index contributed by atoms with van der Waals surface area (Å²) < 4.78 is 27.8. The zero-order valence-electron chi connectivity index (χ0n) is 23.1. The molecule has 12 heteroatoms. The third kappa shape index (κ3) is 8.71. The summed E-state index contributed by atoms with van der Waals surface area (Å²) in [5.74, 6) is -0.174. The van der Waals surface area contributed by atoms with E-state index in [2.05, 4.69) is 11.4 Å². The van der Waals surface area contributed by atoms with Gasteiger partial charge in [0.05, 0.1) is 31.3 Å². The van der Waals surface area contributed by atoms with Gasteiger partial charge in [-0.2, -0.15) is 17.0 Å². The minimum atomic E-state index is -0.906. The normalized spacial score (nSPS) is 21.5. The van der Waals surface area contributed by atoms with E-state index in [4.69, 9.17) is 23.7 Å². The number of rotatable bonds is 8. The Bertz CT molecular complexity index is 945. The first-order valence-electron chi connectivity index (χ1n) is 12.1. The average Bonchev–Trinajstić information content (AvgIpc) is 3.18. The predicted octanol–water partition coefficient (Wildman–Crippen LogP) is 4.07. The lowest BCUT2D eigenvalue weighted by atomic mass is 10.2. The van der Waals surface area contributed by atoms with E-state index in [1.165, 1.54) is 23.8 Å². The Hall–Kier alpha value is -2.65. The van der Waals surface area contributed by atoms with E-state index in [1.54, 1.807) is 55.4 Å². The van der Waals surface area contributed by atoms with Gasteiger partial charge < -0.3 is 29.0 Å². The molecule has 2 heterocycles. The number of hydrogen-bond donors (Lipinski definition) is 1. The van der Waals surface area contributed by atoms with Crippen LogP contribution in [0.2, 0.25) is 0 Å². The number of ether oxygens (including phenoxy) is 5. The summed E-state index contributed by atoms with van der Waals surface area (Å²) in [6.07, 6.45) is -1.64. The number of esters is 1. The maximum Gasteiger partial charge on any atom is 0.415 e. The zero-order chi connectivity index (χ0) is 28.2. The van der Waals surface area contributed by atoms with Crippen LogP contribution in [-0.4, -0.2) is 76.8 Å². The van der Waals surface area contributed by atoms with Gasteiger partial charge in [0, 0.05) is 19.6 Å². The number of nitriles is 1. The fraction of sp³-hybridized carbons (Fsp3) is 0.760. The molecule has 0 aliphatic carbocycles. The third-order valence-corrected chi connectivity index (χ3v) is 6.24. The highest BCUT2D eigenvalue weighted by Crippen LogP contribution is 2.44. The summed E-state index contributed by atoms with van der Waals surface area (Å²) in [4.78, 5) is 39.0. The SMILES string of the molecule is COC(=O)C(CCSCC1C2OC(C)(C)OC2=C(CC#N)N1C(=O)OC(C)(C)C)NC(=O)OC(C)(C)C. The molecule has 0 aromatic carbocycles. The Labute approximate surface area is 223 Å². The average molecular weight is 542 g/mol. The second kappa shape index (κ2) is 11.8. The molecule has 2 amide bonds. The van der Waals surface area contributed by atoms with Crippen LogP contribution in [0.4, 0.5) is 9.59 Å². The molecule has 37 heavy (non-hydrogen) atoms. The number of nitrogens with one attached hydrogen (secondary N) is 1. The van der Waals surface area contributed by atoms with E-state index in [9.17, 15) is 19.6 Å². The van der Waals surface area contributed by atoms with E-state index in [-0.39, 0.29) is 12.8 Å². The number of carbonyl (C=O) groups is 3. The number of methoxy groups -OCH3 is 1. The highest BCUT2D eigenvalue weighted by atomic mass is 32.2. The van der Waals surface area contributed by atoms with Crippen molar-refractivity contribution in [2.75, 3.05) is 18.6 Å². The molecule has 1 saturated heterocycles. The number of allylic oxidation sites excluding steroid dienone is 1. The fourth-order valence-electron chi connectivity index (χ4n) is 3.85. The Morgan fingerprint density at radius 3 is 2.32 bits per heavy atom. The van der Waals surface area contributed by atoms with Gasteiger partial charge in [-0.25, -0.2) is 14.4 Å². The maximum absolute atomic E-state index is 13.2. The summed E-state index contributed by atoms with van der Waals surface area (Å²) in [6, 6.07) is 0.712. The van der Waals surface area contributed by atoms with Crippen LogP contribution in [0.3, 0.4) is 0 Å². The number of carbonyl (C=O) groups excluding carboxylic acids is 3. The number of thioether (sulfide) groups is 1. The second-order valence-electron chi connectivity index (χ2n) is 11.2. The van der Waals surface area contributed by atoms with Gasteiger partial charge in [0.15, 0.2) is 5.76 Å². The molecular formula is C25H39N3O8S. The quantitative estimate of drug-likeness (QED) is 0.272. The number of fused-ring (bicyclic) bond motifs is 1. The molecule has 1 N–H and O–H groups in total. The molecule has 0 bridgehead atoms. The molecular weight excluding hydrogens is 502 g/mol. The molecule has 0 spiro atoms. The number of amides is 2. The maximum atomic E-state index is 13.2. The minimum Gasteiger partial charge on any atom is -0.467 e. The zero-order valence-corrected chi connectivity index (χ0v) is 23.9. The number of hydrogen-bond acceptors (Lipinski definition) is 10. The first kappa shape index (κ1) is 30.6. The molecule has 0 aromatic rings. The smallest absolute Gasteiger partial charge is 0.415 e. The molecule has 208 valence electrons. The summed E-state index contributed by atoms with van der Waals surface area (Å²) in [5, 5.41) is 12.0. The van der Waals surface area contributed by atoms with Gasteiger partial charge in [-0.05, 0) is 53.7 Å². The van der Waals surface area contributed by atoms with Crippen molar-refractivity contribution < 1.29 is 38.1 Å². The topological polar surface area (TPSA) is 136 Å². The van der Waals surface area contributed by atoms with Crippen molar-refractivity contribution in [3.63, 3.8) is 0 Å². The van der Waals surface area contributed by atoms with Gasteiger partial charge in [0.1, 0.15) is 23.3 Å². The van der Waals surface area contributed by atoms with Crippen LogP contribution in [-0.2, 0) is 28.5 Å². The van der Waals surface area contributed by atoms with E-state index < -0.39 is 53.3 Å². The van der Waals surface area contributed by atoms with Crippen molar-refractivity contribution in [1.29, 1.82) is 5.26 Å². The monoisotopic (exact) mass is 541 g/mol. The van der Waals surface area contributed by atoms with Gasteiger partial charge in [-0.15, -0.1) is 0 Å². The van der Waals surface area contributed by atoms with Crippen molar-refractivity contribution in [3.8, 4) is 6.07 Å². The lowest BCUT2D eigenvalue weighted by Gasteiger charge is -2.32. The molecule has 3 unspecified atom stereocenters. The van der Waals surface area contributed by atoms with E-state index in [0.717, 1.165) is 0 Å². The second-order valence-corrected chi connectivity index (χ2v) is 12.3. The lowest BCUT2D eigenvalue weighted by molar-refractivity contribution is -0.144. The molecule has 3 atom stereocenters. The van der Waals surface area contributed by atoms with Gasteiger partial charge in [-0.3, -0.25) is 4.90 Å². The third-order valence-electron chi connectivity index (χ3n) is 5.13. The number of nitrogens with zero attached hydrogens (tertiary/aromatic N) is 2. The van der Waals surface area contributed by atoms with Crippen molar-refractivity contribution in [1.82, 2.24) is 10.2 Å². The van der Waals surface area contributed by atoms with Crippen molar-refractivity contribution in [3.05, 3.63) is 11.5 Å². The van der Waals surface area contributed by atoms with Gasteiger partial charge in [-0.1, -0.05) is 0 Å². The summed E-state index contributed by atoms with van der Waals surface area (Å²) in [7, 11) is 1.25. The molecule has 11 nitrogen and oxygen atoms in total. The standard InChI is InChI=1S/C25H39N3O8S/c1-23(2,3)35-21(30)27-15(20(29)32-9)11-13-37-14-17-19-18(33-25(7,8)34-19)16(10-12-26)28(17)22(31)36-24(4,5)6/h15,17,19H,10-11,13-14H2,1-9H3,(H,27,30). The van der Waals surface area contributed by atoms with E-state index in [1.807, 2.05) is 0 Å². The minimum absolute atomic E-state index is 0.0457. The Morgan fingerprint density at radius 2 is 1.78 bits per heavy atom. The van der Waals surface area contributed by atoms with Crippen LogP contribution in [0.25, 0.3) is 0 Å². The molecule has 0 saturated carbocycles. The Kier molecular flexibility index (Phi) is 9.76.